The van der Waals surface area contributed by atoms with Gasteiger partial charge in [0.25, 0.3) is 0 Å². The third-order valence-electron chi connectivity index (χ3n) is 5.00. The molecule has 2 aliphatic heterocycles. The average molecular weight is 365 g/mol. The average Bonchev–Trinajstić information content (AvgIpc) is 3.16. The minimum atomic E-state index is 0.202. The molecule has 3 nitrogen and oxygen atoms in total. The first-order valence-electron chi connectivity index (χ1n) is 9.07. The SMILES string of the molecule is O=C(CCSc1ccccc1)NCC1CCN([C@@H]2CCSC2)CC1. The van der Waals surface area contributed by atoms with E-state index in [0.717, 1.165) is 18.3 Å². The molecule has 1 aromatic carbocycles. The molecule has 2 aliphatic rings. The Bertz CT molecular complexity index is 497. The molecular formula is C19H28N2OS2. The van der Waals surface area contributed by atoms with Gasteiger partial charge in [-0.15, -0.1) is 11.8 Å². The predicted molar refractivity (Wildman–Crippen MR) is 105 cm³/mol. The number of hydrogen-bond acceptors (Lipinski definition) is 4. The summed E-state index contributed by atoms with van der Waals surface area (Å²) in [4.78, 5) is 15.9. The Morgan fingerprint density at radius 1 is 1.21 bits per heavy atom. The molecule has 0 spiro atoms. The topological polar surface area (TPSA) is 32.3 Å². The molecule has 1 aromatic rings. The van der Waals surface area contributed by atoms with Crippen molar-refractivity contribution in [3.63, 3.8) is 0 Å². The number of hydrogen-bond donors (Lipinski definition) is 1. The molecule has 0 saturated carbocycles. The Morgan fingerprint density at radius 3 is 2.71 bits per heavy atom. The van der Waals surface area contributed by atoms with Gasteiger partial charge in [0.05, 0.1) is 0 Å². The molecule has 1 N–H and O–H groups in total. The van der Waals surface area contributed by atoms with E-state index in [-0.39, 0.29) is 5.91 Å². The quantitative estimate of drug-likeness (QED) is 0.751. The molecule has 0 unspecified atom stereocenters. The van der Waals surface area contributed by atoms with Gasteiger partial charge in [0.1, 0.15) is 0 Å². The largest absolute Gasteiger partial charge is 0.356 e. The Balaban J connectivity index is 1.27. The van der Waals surface area contributed by atoms with E-state index >= 15 is 0 Å². The second-order valence-electron chi connectivity index (χ2n) is 6.71. The highest BCUT2D eigenvalue weighted by Gasteiger charge is 2.27. The minimum Gasteiger partial charge on any atom is -0.356 e. The molecule has 0 bridgehead atoms. The van der Waals surface area contributed by atoms with Crippen LogP contribution in [-0.2, 0) is 4.79 Å². The van der Waals surface area contributed by atoms with Gasteiger partial charge in [0, 0.05) is 35.4 Å². The lowest BCUT2D eigenvalue weighted by molar-refractivity contribution is -0.120. The number of nitrogens with one attached hydrogen (secondary N) is 1. The second-order valence-corrected chi connectivity index (χ2v) is 9.03. The molecule has 2 fully saturated rings. The molecule has 2 saturated heterocycles. The van der Waals surface area contributed by atoms with Crippen molar-refractivity contribution in [3.8, 4) is 0 Å². The third-order valence-corrected chi connectivity index (χ3v) is 7.16. The fourth-order valence-electron chi connectivity index (χ4n) is 3.46. The summed E-state index contributed by atoms with van der Waals surface area (Å²) >= 11 is 3.85. The van der Waals surface area contributed by atoms with Crippen molar-refractivity contribution in [1.82, 2.24) is 10.2 Å². The summed E-state index contributed by atoms with van der Waals surface area (Å²) in [6.07, 6.45) is 4.45. The zero-order valence-electron chi connectivity index (χ0n) is 14.3. The molecule has 0 aliphatic carbocycles. The van der Waals surface area contributed by atoms with Crippen LogP contribution in [0, 0.1) is 5.92 Å². The molecule has 1 atom stereocenters. The van der Waals surface area contributed by atoms with Gasteiger partial charge in [-0.3, -0.25) is 9.69 Å². The lowest BCUT2D eigenvalue weighted by Crippen LogP contribution is -2.43. The normalized spacial score (nSPS) is 22.6. The molecule has 2 heterocycles. The van der Waals surface area contributed by atoms with Crippen LogP contribution in [0.2, 0.25) is 0 Å². The summed E-state index contributed by atoms with van der Waals surface area (Å²) in [5, 5.41) is 3.15. The number of likely N-dealkylation sites (tertiary alicyclic amines) is 1. The summed E-state index contributed by atoms with van der Waals surface area (Å²) in [5.41, 5.74) is 0. The zero-order valence-corrected chi connectivity index (χ0v) is 15.9. The van der Waals surface area contributed by atoms with Crippen LogP contribution in [0.4, 0.5) is 0 Å². The third kappa shape index (κ3) is 5.71. The molecule has 0 radical (unpaired) electrons. The maximum Gasteiger partial charge on any atom is 0.220 e. The van der Waals surface area contributed by atoms with Gasteiger partial charge < -0.3 is 5.32 Å². The summed E-state index contributed by atoms with van der Waals surface area (Å²) in [6.45, 7) is 3.30. The molecule has 3 rings (SSSR count). The van der Waals surface area contributed by atoms with Crippen LogP contribution in [0.25, 0.3) is 0 Å². The van der Waals surface area contributed by atoms with E-state index in [0.29, 0.717) is 12.3 Å². The predicted octanol–water partition coefficient (Wildman–Crippen LogP) is 3.50. The van der Waals surface area contributed by atoms with Gasteiger partial charge in [-0.1, -0.05) is 18.2 Å². The number of carbonyl (C=O) groups excluding carboxylic acids is 1. The van der Waals surface area contributed by atoms with Gasteiger partial charge in [-0.25, -0.2) is 0 Å². The van der Waals surface area contributed by atoms with E-state index in [4.69, 9.17) is 0 Å². The van der Waals surface area contributed by atoms with Gasteiger partial charge in [-0.05, 0) is 56.2 Å². The van der Waals surface area contributed by atoms with Crippen molar-refractivity contribution in [2.75, 3.05) is 36.9 Å². The monoisotopic (exact) mass is 364 g/mol. The Morgan fingerprint density at radius 2 is 2.00 bits per heavy atom. The Labute approximate surface area is 154 Å². The fourth-order valence-corrected chi connectivity index (χ4v) is 5.58. The maximum atomic E-state index is 12.0. The molecule has 0 aromatic heterocycles. The summed E-state index contributed by atoms with van der Waals surface area (Å²) in [6, 6.07) is 11.1. The van der Waals surface area contributed by atoms with Crippen molar-refractivity contribution in [1.29, 1.82) is 0 Å². The van der Waals surface area contributed by atoms with Crippen molar-refractivity contribution < 1.29 is 4.79 Å². The lowest BCUT2D eigenvalue weighted by atomic mass is 9.95. The Kier molecular flexibility index (Phi) is 7.36. The standard InChI is InChI=1S/C19H28N2OS2/c22-19(9-13-24-18-4-2-1-3-5-18)20-14-16-6-10-21(11-7-16)17-8-12-23-15-17/h1-5,16-17H,6-15H2,(H,20,22)/t17-/m1/s1. The number of nitrogens with zero attached hydrogens (tertiary/aromatic N) is 1. The number of benzene rings is 1. The van der Waals surface area contributed by atoms with Crippen LogP contribution in [0.3, 0.4) is 0 Å². The van der Waals surface area contributed by atoms with Gasteiger partial charge in [0.15, 0.2) is 0 Å². The Hall–Kier alpha value is -0.650. The number of rotatable bonds is 7. The molecule has 1 amide bonds. The number of amides is 1. The second kappa shape index (κ2) is 9.73. The molecule has 24 heavy (non-hydrogen) atoms. The number of carbonyl (C=O) groups is 1. The first kappa shape index (κ1) is 18.2. The van der Waals surface area contributed by atoms with Crippen LogP contribution in [-0.4, -0.2) is 53.7 Å². The summed E-state index contributed by atoms with van der Waals surface area (Å²) < 4.78 is 0. The summed E-state index contributed by atoms with van der Waals surface area (Å²) in [7, 11) is 0. The highest BCUT2D eigenvalue weighted by molar-refractivity contribution is 7.99. The number of piperidine rings is 1. The first-order valence-corrected chi connectivity index (χ1v) is 11.2. The van der Waals surface area contributed by atoms with Crippen LogP contribution in [0.1, 0.15) is 25.7 Å². The van der Waals surface area contributed by atoms with E-state index < -0.39 is 0 Å². The van der Waals surface area contributed by atoms with Crippen molar-refractivity contribution in [2.24, 2.45) is 5.92 Å². The minimum absolute atomic E-state index is 0.202. The molecular weight excluding hydrogens is 336 g/mol. The maximum absolute atomic E-state index is 12.0. The van der Waals surface area contributed by atoms with Crippen LogP contribution >= 0.6 is 23.5 Å². The van der Waals surface area contributed by atoms with Crippen molar-refractivity contribution in [2.45, 2.75) is 36.6 Å². The lowest BCUT2D eigenvalue weighted by Gasteiger charge is -2.35. The first-order chi connectivity index (χ1) is 11.8. The highest BCUT2D eigenvalue weighted by atomic mass is 32.2. The van der Waals surface area contributed by atoms with E-state index in [1.807, 2.05) is 18.2 Å². The van der Waals surface area contributed by atoms with Gasteiger partial charge in [0.2, 0.25) is 5.91 Å². The van der Waals surface area contributed by atoms with E-state index in [1.165, 1.54) is 48.8 Å². The molecule has 132 valence electrons. The highest BCUT2D eigenvalue weighted by Crippen LogP contribution is 2.26. The van der Waals surface area contributed by atoms with Crippen molar-refractivity contribution >= 4 is 29.4 Å². The zero-order chi connectivity index (χ0) is 16.6. The van der Waals surface area contributed by atoms with E-state index in [2.05, 4.69) is 34.1 Å². The fraction of sp³-hybridized carbons (Fsp3) is 0.632. The van der Waals surface area contributed by atoms with E-state index in [1.54, 1.807) is 11.8 Å². The molecule has 5 heteroatoms. The van der Waals surface area contributed by atoms with Gasteiger partial charge in [-0.2, -0.15) is 11.8 Å². The van der Waals surface area contributed by atoms with Crippen LogP contribution in [0.5, 0.6) is 0 Å². The summed E-state index contributed by atoms with van der Waals surface area (Å²) in [5.74, 6) is 4.38. The smallest absolute Gasteiger partial charge is 0.220 e. The van der Waals surface area contributed by atoms with Crippen LogP contribution in [0.15, 0.2) is 35.2 Å². The van der Waals surface area contributed by atoms with Crippen molar-refractivity contribution in [3.05, 3.63) is 30.3 Å². The number of thioether (sulfide) groups is 2. The van der Waals surface area contributed by atoms with Crippen LogP contribution < -0.4 is 5.32 Å². The van der Waals surface area contributed by atoms with E-state index in [9.17, 15) is 4.79 Å². The van der Waals surface area contributed by atoms with Gasteiger partial charge >= 0.3 is 0 Å².